The van der Waals surface area contributed by atoms with E-state index in [0.717, 1.165) is 24.6 Å². The van der Waals surface area contributed by atoms with Crippen LogP contribution in [0.25, 0.3) is 0 Å². The molecule has 0 radical (unpaired) electrons. The number of methoxy groups -OCH3 is 1. The normalized spacial score (nSPS) is 16.6. The van der Waals surface area contributed by atoms with E-state index >= 15 is 0 Å². The third kappa shape index (κ3) is 4.83. The first-order valence-electron chi connectivity index (χ1n) is 8.90. The summed E-state index contributed by atoms with van der Waals surface area (Å²) in [5.74, 6) is -1.40. The lowest BCUT2D eigenvalue weighted by molar-refractivity contribution is -0.122. The summed E-state index contributed by atoms with van der Waals surface area (Å²) in [6, 6.07) is 9.32. The Morgan fingerprint density at radius 2 is 1.89 bits per heavy atom. The van der Waals surface area contributed by atoms with Crippen molar-refractivity contribution in [3.05, 3.63) is 54.1 Å². The second-order valence-corrected chi connectivity index (χ2v) is 6.52. The molecule has 3 rings (SSSR count). The number of carbonyl (C=O) groups is 2. The molecule has 0 saturated carbocycles. The first-order chi connectivity index (χ1) is 13.5. The quantitative estimate of drug-likeness (QED) is 0.797. The largest absolute Gasteiger partial charge is 0.497 e. The number of hydrogen-bond donors (Lipinski definition) is 2. The van der Waals surface area contributed by atoms with Crippen LogP contribution in [0.2, 0.25) is 0 Å². The fraction of sp³-hybridized carbons (Fsp3) is 0.300. The molecular formula is C20H21F2N3O3. The molecule has 1 heterocycles. The highest BCUT2D eigenvalue weighted by Gasteiger charge is 2.32. The number of likely N-dealkylation sites (tertiary alicyclic amines) is 1. The zero-order valence-electron chi connectivity index (χ0n) is 15.4. The van der Waals surface area contributed by atoms with Gasteiger partial charge in [-0.15, -0.1) is 0 Å². The Balaban J connectivity index is 1.59. The van der Waals surface area contributed by atoms with E-state index in [1.165, 1.54) is 0 Å². The minimum absolute atomic E-state index is 0.0867. The standard InChI is InChI=1S/C20H21F2N3O3/c1-28-15-7-5-14(6-8-15)23-20(27)18-3-2-10-25(18)12-19(26)24-17-11-13(21)4-9-16(17)22/h4-9,11,18H,2-3,10,12H2,1H3,(H,23,27)(H,24,26)/t18-/m0/s1. The fourth-order valence-corrected chi connectivity index (χ4v) is 3.18. The molecule has 2 aromatic rings. The molecule has 0 bridgehead atoms. The molecule has 0 spiro atoms. The number of carbonyl (C=O) groups excluding carboxylic acids is 2. The minimum atomic E-state index is -0.718. The number of halogens is 2. The average Bonchev–Trinajstić information content (AvgIpc) is 3.13. The van der Waals surface area contributed by atoms with Crippen LogP contribution in [-0.4, -0.2) is 43.0 Å². The van der Waals surface area contributed by atoms with Gasteiger partial charge in [0, 0.05) is 11.8 Å². The second-order valence-electron chi connectivity index (χ2n) is 6.52. The summed E-state index contributed by atoms with van der Waals surface area (Å²) in [5.41, 5.74) is 0.410. The van der Waals surface area contributed by atoms with Crippen LogP contribution in [0, 0.1) is 11.6 Å². The summed E-state index contributed by atoms with van der Waals surface area (Å²) in [6.45, 7) is 0.483. The monoisotopic (exact) mass is 389 g/mol. The summed E-state index contributed by atoms with van der Waals surface area (Å²) >= 11 is 0. The van der Waals surface area contributed by atoms with Crippen molar-refractivity contribution in [2.45, 2.75) is 18.9 Å². The molecular weight excluding hydrogens is 368 g/mol. The van der Waals surface area contributed by atoms with Crippen LogP contribution in [0.1, 0.15) is 12.8 Å². The molecule has 1 saturated heterocycles. The molecule has 1 fully saturated rings. The number of benzene rings is 2. The molecule has 28 heavy (non-hydrogen) atoms. The van der Waals surface area contributed by atoms with E-state index in [1.54, 1.807) is 36.3 Å². The van der Waals surface area contributed by atoms with Crippen LogP contribution < -0.4 is 15.4 Å². The van der Waals surface area contributed by atoms with Gasteiger partial charge in [0.05, 0.1) is 25.4 Å². The molecule has 6 nitrogen and oxygen atoms in total. The zero-order chi connectivity index (χ0) is 20.1. The minimum Gasteiger partial charge on any atom is -0.497 e. The van der Waals surface area contributed by atoms with Crippen molar-refractivity contribution in [3.8, 4) is 5.75 Å². The van der Waals surface area contributed by atoms with Crippen LogP contribution in [0.15, 0.2) is 42.5 Å². The lowest BCUT2D eigenvalue weighted by Crippen LogP contribution is -2.43. The third-order valence-corrected chi connectivity index (χ3v) is 4.57. The Morgan fingerprint density at radius 3 is 2.61 bits per heavy atom. The van der Waals surface area contributed by atoms with Gasteiger partial charge in [0.2, 0.25) is 11.8 Å². The van der Waals surface area contributed by atoms with Crippen LogP contribution in [0.3, 0.4) is 0 Å². The van der Waals surface area contributed by atoms with Crippen molar-refractivity contribution in [2.75, 3.05) is 30.8 Å². The van der Waals surface area contributed by atoms with E-state index in [0.29, 0.717) is 24.4 Å². The number of ether oxygens (including phenoxy) is 1. The topological polar surface area (TPSA) is 70.7 Å². The molecule has 148 valence electrons. The molecule has 0 aromatic heterocycles. The van der Waals surface area contributed by atoms with Crippen molar-refractivity contribution < 1.29 is 23.1 Å². The Hall–Kier alpha value is -3.00. The molecule has 0 aliphatic carbocycles. The summed E-state index contributed by atoms with van der Waals surface area (Å²) in [7, 11) is 1.56. The summed E-state index contributed by atoms with van der Waals surface area (Å²) in [6.07, 6.45) is 1.38. The molecule has 1 atom stereocenters. The number of hydrogen-bond acceptors (Lipinski definition) is 4. The van der Waals surface area contributed by atoms with E-state index in [2.05, 4.69) is 10.6 Å². The van der Waals surface area contributed by atoms with Crippen molar-refractivity contribution >= 4 is 23.2 Å². The molecule has 2 N–H and O–H groups in total. The van der Waals surface area contributed by atoms with Gasteiger partial charge in [0.1, 0.15) is 17.4 Å². The lowest BCUT2D eigenvalue weighted by Gasteiger charge is -2.23. The smallest absolute Gasteiger partial charge is 0.241 e. The maximum Gasteiger partial charge on any atom is 0.241 e. The third-order valence-electron chi connectivity index (χ3n) is 4.57. The first-order valence-corrected chi connectivity index (χ1v) is 8.90. The van der Waals surface area contributed by atoms with Crippen LogP contribution in [0.4, 0.5) is 20.2 Å². The van der Waals surface area contributed by atoms with Crippen LogP contribution >= 0.6 is 0 Å². The van der Waals surface area contributed by atoms with Gasteiger partial charge in [-0.1, -0.05) is 0 Å². The number of anilines is 2. The van der Waals surface area contributed by atoms with Gasteiger partial charge in [-0.3, -0.25) is 14.5 Å². The van der Waals surface area contributed by atoms with E-state index < -0.39 is 23.6 Å². The Kier molecular flexibility index (Phi) is 6.20. The molecule has 8 heteroatoms. The van der Waals surface area contributed by atoms with E-state index in [1.807, 2.05) is 0 Å². The van der Waals surface area contributed by atoms with Crippen LogP contribution in [-0.2, 0) is 9.59 Å². The van der Waals surface area contributed by atoms with E-state index in [9.17, 15) is 18.4 Å². The van der Waals surface area contributed by atoms with Crippen molar-refractivity contribution in [3.63, 3.8) is 0 Å². The van der Waals surface area contributed by atoms with Crippen molar-refractivity contribution in [1.82, 2.24) is 4.90 Å². The molecule has 1 aliphatic rings. The summed E-state index contributed by atoms with van der Waals surface area (Å²) < 4.78 is 32.0. The highest BCUT2D eigenvalue weighted by Crippen LogP contribution is 2.21. The molecule has 2 aromatic carbocycles. The molecule has 1 aliphatic heterocycles. The highest BCUT2D eigenvalue weighted by molar-refractivity contribution is 5.96. The molecule has 2 amide bonds. The maximum atomic E-state index is 13.7. The predicted octanol–water partition coefficient (Wildman–Crippen LogP) is 3.02. The van der Waals surface area contributed by atoms with Gasteiger partial charge in [-0.05, 0) is 55.8 Å². The molecule has 0 unspecified atom stereocenters. The van der Waals surface area contributed by atoms with Crippen molar-refractivity contribution in [1.29, 1.82) is 0 Å². The number of amides is 2. The second kappa shape index (κ2) is 8.79. The zero-order valence-corrected chi connectivity index (χ0v) is 15.4. The predicted molar refractivity (Wildman–Crippen MR) is 101 cm³/mol. The summed E-state index contributed by atoms with van der Waals surface area (Å²) in [4.78, 5) is 26.6. The van der Waals surface area contributed by atoms with Gasteiger partial charge < -0.3 is 15.4 Å². The highest BCUT2D eigenvalue weighted by atomic mass is 19.1. The van der Waals surface area contributed by atoms with Gasteiger partial charge in [-0.25, -0.2) is 8.78 Å². The Bertz CT molecular complexity index is 858. The SMILES string of the molecule is COc1ccc(NC(=O)[C@@H]2CCCN2CC(=O)Nc2cc(F)ccc2F)cc1. The van der Waals surface area contributed by atoms with Gasteiger partial charge in [0.25, 0.3) is 0 Å². The van der Waals surface area contributed by atoms with Gasteiger partial charge in [0.15, 0.2) is 0 Å². The van der Waals surface area contributed by atoms with Gasteiger partial charge >= 0.3 is 0 Å². The van der Waals surface area contributed by atoms with Crippen LogP contribution in [0.5, 0.6) is 5.75 Å². The Morgan fingerprint density at radius 1 is 1.14 bits per heavy atom. The number of nitrogens with zero attached hydrogens (tertiary/aromatic N) is 1. The summed E-state index contributed by atoms with van der Waals surface area (Å²) in [5, 5.41) is 5.19. The van der Waals surface area contributed by atoms with E-state index in [-0.39, 0.29) is 18.1 Å². The number of rotatable bonds is 6. The Labute approximate surface area is 161 Å². The lowest BCUT2D eigenvalue weighted by atomic mass is 10.2. The van der Waals surface area contributed by atoms with Gasteiger partial charge in [-0.2, -0.15) is 0 Å². The maximum absolute atomic E-state index is 13.7. The first kappa shape index (κ1) is 19.8. The van der Waals surface area contributed by atoms with E-state index in [4.69, 9.17) is 4.74 Å². The van der Waals surface area contributed by atoms with Crippen molar-refractivity contribution in [2.24, 2.45) is 0 Å². The number of nitrogens with one attached hydrogen (secondary N) is 2. The average molecular weight is 389 g/mol. The fourth-order valence-electron chi connectivity index (χ4n) is 3.18.